The highest BCUT2D eigenvalue weighted by atomic mass is 19.4. The third-order valence-corrected chi connectivity index (χ3v) is 10.7. The van der Waals surface area contributed by atoms with Crippen molar-refractivity contribution in [3.63, 3.8) is 0 Å². The first kappa shape index (κ1) is 42.7. The predicted octanol–water partition coefficient (Wildman–Crippen LogP) is 9.49. The van der Waals surface area contributed by atoms with E-state index in [9.17, 15) is 27.9 Å². The van der Waals surface area contributed by atoms with Gasteiger partial charge in [0.2, 0.25) is 5.91 Å². The smallest absolute Gasteiger partial charge is 0.392 e. The number of carbonyl (C=O) groups is 2. The average Bonchev–Trinajstić information content (AvgIpc) is 3.65. The van der Waals surface area contributed by atoms with E-state index >= 15 is 0 Å². The van der Waals surface area contributed by atoms with E-state index < -0.39 is 30.3 Å². The van der Waals surface area contributed by atoms with Crippen LogP contribution in [-0.4, -0.2) is 71.2 Å². The Balaban J connectivity index is 1.48. The number of carbonyl (C=O) groups excluding carboxylic acids is 2. The third kappa shape index (κ3) is 13.1. The van der Waals surface area contributed by atoms with Gasteiger partial charge in [-0.15, -0.1) is 0 Å². The molecule has 5 atom stereocenters. The van der Waals surface area contributed by atoms with E-state index in [1.54, 1.807) is 24.3 Å². The predicted molar refractivity (Wildman–Crippen MR) is 202 cm³/mol. The molecule has 0 spiro atoms. The van der Waals surface area contributed by atoms with Crippen LogP contribution in [0, 0.1) is 5.92 Å². The highest BCUT2D eigenvalue weighted by molar-refractivity contribution is 5.98. The summed E-state index contributed by atoms with van der Waals surface area (Å²) in [6.45, 7) is 9.33. The topological polar surface area (TPSA) is 91.3 Å². The van der Waals surface area contributed by atoms with Crippen LogP contribution in [0.4, 0.5) is 18.9 Å². The Kier molecular flexibility index (Phi) is 17.6. The highest BCUT2D eigenvalue weighted by Gasteiger charge is 2.47. The highest BCUT2D eigenvalue weighted by Crippen LogP contribution is 2.42. The normalized spacial score (nSPS) is 22.0. The first-order valence-electron chi connectivity index (χ1n) is 20.1. The molecule has 0 aliphatic carbocycles. The fraction of sp³-hybridized carbons (Fsp3) is 0.667. The number of nitrogens with one attached hydrogen (secondary N) is 1. The van der Waals surface area contributed by atoms with Crippen LogP contribution in [0.5, 0.6) is 0 Å². The molecule has 0 radical (unpaired) electrons. The van der Waals surface area contributed by atoms with Crippen molar-refractivity contribution < 1.29 is 37.3 Å². The van der Waals surface area contributed by atoms with Crippen molar-refractivity contribution in [2.75, 3.05) is 31.5 Å². The van der Waals surface area contributed by atoms with Crippen molar-refractivity contribution in [1.82, 2.24) is 9.80 Å². The summed E-state index contributed by atoms with van der Waals surface area (Å²) in [6.07, 6.45) is 9.26. The SMILES string of the molecule is CCCCCCCCN(CCCCCCCC)C[C@@H]1O[C@H](c2ccc(NC(=O)[C@@H]3CCCN3C(=O)C(F)(F)F)cc2)O[C@H](c2ccc(CO)cc2)[C@@H]1C. The standard InChI is InChI=1S/C42H62F3N3O5/c1-4-6-8-10-12-14-26-47(27-15-13-11-9-7-5-2)29-37-31(3)38(33-20-18-32(30-49)19-21-33)53-40(52-37)34-22-24-35(25-23-34)46-39(50)36-17-16-28-48(36)41(51)42(43,44)45/h18-25,31,36-38,40,49H,4-17,26-30H2,1-3H3,(H,46,50)/t31-,36+,37+,38+,40+/m1/s1. The van der Waals surface area contributed by atoms with E-state index in [1.165, 1.54) is 64.2 Å². The number of benzene rings is 2. The third-order valence-electron chi connectivity index (χ3n) is 10.7. The van der Waals surface area contributed by atoms with Gasteiger partial charge in [-0.2, -0.15) is 13.2 Å². The van der Waals surface area contributed by atoms with Gasteiger partial charge in [0.1, 0.15) is 6.04 Å². The van der Waals surface area contributed by atoms with Gasteiger partial charge in [-0.1, -0.05) is 121 Å². The summed E-state index contributed by atoms with van der Waals surface area (Å²) in [7, 11) is 0. The molecule has 8 nitrogen and oxygen atoms in total. The number of likely N-dealkylation sites (tertiary alicyclic amines) is 1. The van der Waals surface area contributed by atoms with Gasteiger partial charge >= 0.3 is 12.1 Å². The van der Waals surface area contributed by atoms with Crippen LogP contribution < -0.4 is 5.32 Å². The van der Waals surface area contributed by atoms with Gasteiger partial charge in [0.05, 0.1) is 18.8 Å². The fourth-order valence-corrected chi connectivity index (χ4v) is 7.50. The van der Waals surface area contributed by atoms with Crippen molar-refractivity contribution >= 4 is 17.5 Å². The number of aliphatic hydroxyl groups is 1. The minimum atomic E-state index is -5.03. The summed E-state index contributed by atoms with van der Waals surface area (Å²) in [4.78, 5) is 28.1. The molecule has 0 bridgehead atoms. The summed E-state index contributed by atoms with van der Waals surface area (Å²) in [6, 6.07) is 13.6. The van der Waals surface area contributed by atoms with Crippen molar-refractivity contribution in [3.05, 3.63) is 65.2 Å². The van der Waals surface area contributed by atoms with Gasteiger partial charge in [0.15, 0.2) is 6.29 Å². The van der Waals surface area contributed by atoms with Crippen molar-refractivity contribution in [2.45, 2.75) is 148 Å². The number of nitrogens with zero attached hydrogens (tertiary/aromatic N) is 2. The van der Waals surface area contributed by atoms with E-state index in [2.05, 4.69) is 31.0 Å². The first-order chi connectivity index (χ1) is 25.5. The molecule has 2 aromatic rings. The zero-order valence-electron chi connectivity index (χ0n) is 32.0. The number of anilines is 1. The molecule has 2 amide bonds. The van der Waals surface area contributed by atoms with Gasteiger partial charge in [0, 0.05) is 30.3 Å². The molecule has 0 aromatic heterocycles. The van der Waals surface area contributed by atoms with Crippen LogP contribution in [0.25, 0.3) is 0 Å². The Morgan fingerprint density at radius 3 is 1.96 bits per heavy atom. The summed E-state index contributed by atoms with van der Waals surface area (Å²) in [5.74, 6) is -2.59. The Hall–Kier alpha value is -2.99. The second kappa shape index (κ2) is 21.8. The molecule has 2 heterocycles. The number of hydrogen-bond acceptors (Lipinski definition) is 6. The Morgan fingerprint density at radius 1 is 0.830 bits per heavy atom. The molecule has 2 fully saturated rings. The van der Waals surface area contributed by atoms with Crippen molar-refractivity contribution in [1.29, 1.82) is 0 Å². The molecule has 11 heteroatoms. The minimum Gasteiger partial charge on any atom is -0.392 e. The van der Waals surface area contributed by atoms with Crippen LogP contribution >= 0.6 is 0 Å². The molecule has 4 rings (SSSR count). The Bertz CT molecular complexity index is 1360. The second-order valence-electron chi connectivity index (χ2n) is 14.9. The lowest BCUT2D eigenvalue weighted by molar-refractivity contribution is -0.276. The van der Waals surface area contributed by atoms with Gasteiger partial charge in [-0.05, 0) is 62.0 Å². The number of ether oxygens (including phenoxy) is 2. The van der Waals surface area contributed by atoms with E-state index in [1.807, 2.05) is 24.3 Å². The van der Waals surface area contributed by atoms with E-state index in [-0.39, 0.29) is 37.7 Å². The van der Waals surface area contributed by atoms with Gasteiger partial charge in [0.25, 0.3) is 0 Å². The zero-order valence-corrected chi connectivity index (χ0v) is 32.0. The van der Waals surface area contributed by atoms with Crippen LogP contribution in [0.2, 0.25) is 0 Å². The Labute approximate surface area is 314 Å². The number of halogens is 3. The first-order valence-corrected chi connectivity index (χ1v) is 20.1. The Morgan fingerprint density at radius 2 is 1.40 bits per heavy atom. The second-order valence-corrected chi connectivity index (χ2v) is 14.9. The van der Waals surface area contributed by atoms with Crippen LogP contribution in [0.15, 0.2) is 48.5 Å². The maximum atomic E-state index is 13.1. The van der Waals surface area contributed by atoms with Crippen molar-refractivity contribution in [2.24, 2.45) is 5.92 Å². The molecular weight excluding hydrogens is 683 g/mol. The number of unbranched alkanes of at least 4 members (excludes halogenated alkanes) is 10. The quantitative estimate of drug-likeness (QED) is 0.124. The van der Waals surface area contributed by atoms with Crippen LogP contribution in [-0.2, 0) is 25.7 Å². The van der Waals surface area contributed by atoms with Crippen molar-refractivity contribution in [3.8, 4) is 0 Å². The van der Waals surface area contributed by atoms with E-state index in [4.69, 9.17) is 9.47 Å². The van der Waals surface area contributed by atoms with Gasteiger partial charge < -0.3 is 29.7 Å². The largest absolute Gasteiger partial charge is 0.471 e. The molecular formula is C42H62F3N3O5. The summed E-state index contributed by atoms with van der Waals surface area (Å²) in [5, 5.41) is 12.3. The lowest BCUT2D eigenvalue weighted by Gasteiger charge is -2.43. The maximum Gasteiger partial charge on any atom is 0.471 e. The average molecular weight is 746 g/mol. The number of aliphatic hydroxyl groups excluding tert-OH is 1. The molecule has 2 saturated heterocycles. The molecule has 296 valence electrons. The summed E-state index contributed by atoms with van der Waals surface area (Å²) < 4.78 is 52.8. The van der Waals surface area contributed by atoms with Gasteiger partial charge in [-0.3, -0.25) is 9.59 Å². The lowest BCUT2D eigenvalue weighted by atomic mass is 9.90. The van der Waals surface area contributed by atoms with E-state index in [0.717, 1.165) is 49.2 Å². The van der Waals surface area contributed by atoms with Crippen LogP contribution in [0.1, 0.15) is 140 Å². The molecule has 53 heavy (non-hydrogen) atoms. The van der Waals surface area contributed by atoms with Crippen LogP contribution in [0.3, 0.4) is 0 Å². The molecule has 2 N–H and O–H groups in total. The number of hydrogen-bond donors (Lipinski definition) is 2. The molecule has 2 aromatic carbocycles. The number of rotatable bonds is 21. The maximum absolute atomic E-state index is 13.1. The fourth-order valence-electron chi connectivity index (χ4n) is 7.50. The van der Waals surface area contributed by atoms with Gasteiger partial charge in [-0.25, -0.2) is 0 Å². The number of alkyl halides is 3. The molecule has 0 unspecified atom stereocenters. The molecule has 2 aliphatic rings. The zero-order chi connectivity index (χ0) is 38.2. The molecule has 2 aliphatic heterocycles. The summed E-state index contributed by atoms with van der Waals surface area (Å²) in [5.41, 5.74) is 2.99. The monoisotopic (exact) mass is 745 g/mol. The lowest BCUT2D eigenvalue weighted by Crippen LogP contribution is -2.48. The minimum absolute atomic E-state index is 0.0372. The van der Waals surface area contributed by atoms with E-state index in [0.29, 0.717) is 17.0 Å². The number of amides is 2. The molecule has 0 saturated carbocycles. The summed E-state index contributed by atoms with van der Waals surface area (Å²) >= 11 is 0.